The Kier molecular flexibility index (Phi) is 5.99. The van der Waals surface area contributed by atoms with Gasteiger partial charge >= 0.3 is 6.03 Å². The van der Waals surface area contributed by atoms with Crippen molar-refractivity contribution in [1.82, 2.24) is 30.6 Å². The van der Waals surface area contributed by atoms with Gasteiger partial charge in [0.2, 0.25) is 11.9 Å². The van der Waals surface area contributed by atoms with Crippen molar-refractivity contribution in [2.45, 2.75) is 19.3 Å². The Morgan fingerprint density at radius 1 is 1.16 bits per heavy atom. The van der Waals surface area contributed by atoms with Crippen molar-refractivity contribution in [3.8, 4) is 11.3 Å². The number of hydrogen-bond donors (Lipinski definition) is 3. The molecule has 0 atom stereocenters. The first kappa shape index (κ1) is 20.8. The normalized spacial score (nSPS) is 19.1. The van der Waals surface area contributed by atoms with Gasteiger partial charge in [0.25, 0.3) is 0 Å². The van der Waals surface area contributed by atoms with Gasteiger partial charge in [-0.2, -0.15) is 4.98 Å². The van der Waals surface area contributed by atoms with Crippen LogP contribution in [0.3, 0.4) is 0 Å². The molecule has 2 aromatic rings. The second-order valence-electron chi connectivity index (χ2n) is 8.38. The summed E-state index contributed by atoms with van der Waals surface area (Å²) in [6.45, 7) is 5.94. The van der Waals surface area contributed by atoms with Crippen molar-refractivity contribution in [3.05, 3.63) is 18.0 Å². The molecule has 0 saturated carbocycles. The number of nitrogens with two attached hydrogens (primary N) is 1. The Morgan fingerprint density at radius 3 is 2.66 bits per heavy atom. The summed E-state index contributed by atoms with van der Waals surface area (Å²) in [6, 6.07) is -0.103. The number of morpholine rings is 1. The number of fused-ring (bicyclic) bond motifs is 1. The molecule has 11 nitrogen and oxygen atoms in total. The van der Waals surface area contributed by atoms with Crippen LogP contribution in [0.4, 0.5) is 22.5 Å². The van der Waals surface area contributed by atoms with Crippen molar-refractivity contribution in [1.29, 1.82) is 0 Å². The highest BCUT2D eigenvalue weighted by Crippen LogP contribution is 2.35. The third-order valence-electron chi connectivity index (χ3n) is 6.30. The number of aromatic nitrogens is 4. The molecule has 0 spiro atoms. The monoisotopic (exact) mass is 439 g/mol. The predicted molar refractivity (Wildman–Crippen MR) is 121 cm³/mol. The van der Waals surface area contributed by atoms with Gasteiger partial charge in [-0.15, -0.1) is 0 Å². The number of rotatable bonds is 4. The van der Waals surface area contributed by atoms with E-state index in [0.717, 1.165) is 42.8 Å². The lowest BCUT2D eigenvalue weighted by atomic mass is 9.98. The number of carbonyl (C=O) groups is 1. The van der Waals surface area contributed by atoms with E-state index >= 15 is 0 Å². The van der Waals surface area contributed by atoms with Crippen molar-refractivity contribution in [2.75, 3.05) is 68.0 Å². The standard InChI is InChI=1S/C21H29N9O2/c22-19-24-12-15(13-25-19)17-16-3-6-30(21(31)26-11-14-1-4-23-5-2-14)18(16)28-20(27-17)29-7-9-32-10-8-29/h12-14,23H,1-11H2,(H,26,31)(H2,22,24,25). The Hall–Kier alpha value is -3.05. The summed E-state index contributed by atoms with van der Waals surface area (Å²) in [7, 11) is 0. The van der Waals surface area contributed by atoms with Crippen LogP contribution in [0.2, 0.25) is 0 Å². The highest BCUT2D eigenvalue weighted by atomic mass is 16.5. The molecule has 0 aliphatic carbocycles. The van der Waals surface area contributed by atoms with Gasteiger partial charge in [0, 0.05) is 49.7 Å². The van der Waals surface area contributed by atoms with Crippen LogP contribution in [-0.4, -0.2) is 78.4 Å². The summed E-state index contributed by atoms with van der Waals surface area (Å²) in [4.78, 5) is 34.9. The molecule has 2 aromatic heterocycles. The molecule has 0 bridgehead atoms. The molecule has 5 rings (SSSR count). The van der Waals surface area contributed by atoms with E-state index in [2.05, 4.69) is 25.5 Å². The summed E-state index contributed by atoms with van der Waals surface area (Å²) in [6.07, 6.45) is 6.20. The fourth-order valence-corrected chi connectivity index (χ4v) is 4.46. The van der Waals surface area contributed by atoms with E-state index < -0.39 is 0 Å². The molecule has 3 aliphatic heterocycles. The highest BCUT2D eigenvalue weighted by Gasteiger charge is 2.32. The maximum absolute atomic E-state index is 13.1. The second kappa shape index (κ2) is 9.21. The zero-order valence-electron chi connectivity index (χ0n) is 18.1. The minimum absolute atomic E-state index is 0.103. The molecule has 32 heavy (non-hydrogen) atoms. The lowest BCUT2D eigenvalue weighted by molar-refractivity contribution is 0.122. The smallest absolute Gasteiger partial charge is 0.323 e. The number of anilines is 3. The largest absolute Gasteiger partial charge is 0.378 e. The molecular formula is C21H29N9O2. The Balaban J connectivity index is 1.44. The van der Waals surface area contributed by atoms with Crippen molar-refractivity contribution in [3.63, 3.8) is 0 Å². The van der Waals surface area contributed by atoms with E-state index in [4.69, 9.17) is 20.4 Å². The molecule has 2 fully saturated rings. The summed E-state index contributed by atoms with van der Waals surface area (Å²) in [5.41, 5.74) is 8.14. The number of hydrogen-bond acceptors (Lipinski definition) is 9. The van der Waals surface area contributed by atoms with Crippen molar-refractivity contribution < 1.29 is 9.53 Å². The average Bonchev–Trinajstić information content (AvgIpc) is 3.28. The number of urea groups is 1. The molecule has 0 aromatic carbocycles. The van der Waals surface area contributed by atoms with Crippen molar-refractivity contribution in [2.24, 2.45) is 5.92 Å². The van der Waals surface area contributed by atoms with E-state index in [1.807, 2.05) is 0 Å². The maximum Gasteiger partial charge on any atom is 0.323 e. The van der Waals surface area contributed by atoms with Crippen LogP contribution >= 0.6 is 0 Å². The Bertz CT molecular complexity index is 956. The van der Waals surface area contributed by atoms with E-state index in [1.54, 1.807) is 17.3 Å². The topological polar surface area (TPSA) is 134 Å². The van der Waals surface area contributed by atoms with E-state index in [0.29, 0.717) is 63.5 Å². The SMILES string of the molecule is Nc1ncc(-c2nc(N3CCOCC3)nc3c2CCN3C(=O)NCC2CCNCC2)cn1. The van der Waals surface area contributed by atoms with Crippen LogP contribution in [0.15, 0.2) is 12.4 Å². The molecule has 2 amide bonds. The summed E-state index contributed by atoms with van der Waals surface area (Å²) >= 11 is 0. The first-order chi connectivity index (χ1) is 15.7. The summed E-state index contributed by atoms with van der Waals surface area (Å²) < 4.78 is 5.48. The lowest BCUT2D eigenvalue weighted by Gasteiger charge is -2.28. The van der Waals surface area contributed by atoms with Crippen LogP contribution < -0.4 is 26.2 Å². The third-order valence-corrected chi connectivity index (χ3v) is 6.30. The third kappa shape index (κ3) is 4.30. The maximum atomic E-state index is 13.1. The minimum atomic E-state index is -0.103. The molecule has 0 unspecified atom stereocenters. The van der Waals surface area contributed by atoms with Crippen LogP contribution in [0.1, 0.15) is 18.4 Å². The van der Waals surface area contributed by atoms with Crippen LogP contribution in [0.25, 0.3) is 11.3 Å². The van der Waals surface area contributed by atoms with Crippen LogP contribution in [-0.2, 0) is 11.2 Å². The summed E-state index contributed by atoms with van der Waals surface area (Å²) in [5, 5.41) is 6.49. The van der Waals surface area contributed by atoms with Gasteiger partial charge in [0.05, 0.1) is 18.9 Å². The van der Waals surface area contributed by atoms with Gasteiger partial charge in [-0.1, -0.05) is 0 Å². The molecule has 0 radical (unpaired) electrons. The predicted octanol–water partition coefficient (Wildman–Crippen LogP) is 0.424. The van der Waals surface area contributed by atoms with Crippen molar-refractivity contribution >= 4 is 23.7 Å². The number of nitrogens with one attached hydrogen (secondary N) is 2. The molecule has 4 N–H and O–H groups in total. The Labute approximate surface area is 186 Å². The number of piperidine rings is 1. The average molecular weight is 440 g/mol. The lowest BCUT2D eigenvalue weighted by Crippen LogP contribution is -2.43. The summed E-state index contributed by atoms with van der Waals surface area (Å²) in [5.74, 6) is 1.99. The number of carbonyl (C=O) groups excluding carboxylic acids is 1. The molecule has 11 heteroatoms. The molecule has 3 aliphatic rings. The fraction of sp³-hybridized carbons (Fsp3) is 0.571. The van der Waals surface area contributed by atoms with Gasteiger partial charge in [0.1, 0.15) is 5.82 Å². The minimum Gasteiger partial charge on any atom is -0.378 e. The number of nitrogens with zero attached hydrogens (tertiary/aromatic N) is 6. The zero-order chi connectivity index (χ0) is 21.9. The fourth-order valence-electron chi connectivity index (χ4n) is 4.46. The van der Waals surface area contributed by atoms with E-state index in [-0.39, 0.29) is 12.0 Å². The number of nitrogen functional groups attached to an aromatic ring is 1. The highest BCUT2D eigenvalue weighted by molar-refractivity contribution is 5.94. The second-order valence-corrected chi connectivity index (χ2v) is 8.38. The molecule has 170 valence electrons. The number of amides is 2. The zero-order valence-corrected chi connectivity index (χ0v) is 18.1. The van der Waals surface area contributed by atoms with E-state index in [1.165, 1.54) is 0 Å². The van der Waals surface area contributed by atoms with Gasteiger partial charge in [-0.3, -0.25) is 4.90 Å². The quantitative estimate of drug-likeness (QED) is 0.620. The molecule has 5 heterocycles. The molecular weight excluding hydrogens is 410 g/mol. The van der Waals surface area contributed by atoms with Gasteiger partial charge in [0.15, 0.2) is 0 Å². The van der Waals surface area contributed by atoms with Crippen LogP contribution in [0.5, 0.6) is 0 Å². The van der Waals surface area contributed by atoms with Gasteiger partial charge < -0.3 is 26.0 Å². The van der Waals surface area contributed by atoms with E-state index in [9.17, 15) is 4.79 Å². The molecule has 2 saturated heterocycles. The first-order valence-electron chi connectivity index (χ1n) is 11.3. The van der Waals surface area contributed by atoms with Gasteiger partial charge in [-0.05, 0) is 38.3 Å². The van der Waals surface area contributed by atoms with Gasteiger partial charge in [-0.25, -0.2) is 19.7 Å². The Morgan fingerprint density at radius 2 is 1.91 bits per heavy atom. The number of ether oxygens (including phenoxy) is 1. The first-order valence-corrected chi connectivity index (χ1v) is 11.3. The van der Waals surface area contributed by atoms with Crippen LogP contribution in [0, 0.1) is 5.92 Å².